The first-order valence-electron chi connectivity index (χ1n) is 4.64. The molecule has 1 N–H and O–H groups in total. The topological polar surface area (TPSA) is 23.5 Å². The van der Waals surface area contributed by atoms with Gasteiger partial charge in [0.2, 0.25) is 0 Å². The molecular formula is C9H19NO. The highest BCUT2D eigenvalue weighted by molar-refractivity contribution is 4.74. The first-order valence-corrected chi connectivity index (χ1v) is 4.64. The highest BCUT2D eigenvalue weighted by Gasteiger charge is 2.21. The summed E-state index contributed by atoms with van der Waals surface area (Å²) < 4.78 is 0. The van der Waals surface area contributed by atoms with Crippen LogP contribution in [0.5, 0.6) is 0 Å². The van der Waals surface area contributed by atoms with E-state index in [1.54, 1.807) is 0 Å². The summed E-state index contributed by atoms with van der Waals surface area (Å²) in [6, 6.07) is 0. The second kappa shape index (κ2) is 4.07. The van der Waals surface area contributed by atoms with Crippen molar-refractivity contribution in [3.8, 4) is 0 Å². The van der Waals surface area contributed by atoms with Crippen LogP contribution in [0.25, 0.3) is 0 Å². The van der Waals surface area contributed by atoms with Crippen molar-refractivity contribution in [2.24, 2.45) is 5.92 Å². The smallest absolute Gasteiger partial charge is 0.0541 e. The van der Waals surface area contributed by atoms with Crippen LogP contribution >= 0.6 is 0 Å². The molecule has 0 radical (unpaired) electrons. The van der Waals surface area contributed by atoms with Crippen molar-refractivity contribution < 1.29 is 5.11 Å². The molecule has 0 saturated carbocycles. The molecule has 0 aliphatic carbocycles. The van der Waals surface area contributed by atoms with Crippen molar-refractivity contribution in [3.05, 3.63) is 0 Å². The molecule has 1 aliphatic rings. The number of piperidine rings is 1. The summed E-state index contributed by atoms with van der Waals surface area (Å²) in [6.45, 7) is 7.61. The van der Waals surface area contributed by atoms with Gasteiger partial charge in [-0.15, -0.1) is 0 Å². The molecule has 11 heavy (non-hydrogen) atoms. The van der Waals surface area contributed by atoms with Crippen LogP contribution in [0.3, 0.4) is 0 Å². The average Bonchev–Trinajstić information content (AvgIpc) is 2.05. The summed E-state index contributed by atoms with van der Waals surface area (Å²) in [6.07, 6.45) is 2.24. The van der Waals surface area contributed by atoms with E-state index in [4.69, 9.17) is 0 Å². The fourth-order valence-electron chi connectivity index (χ4n) is 1.75. The SMILES string of the molecule is CCN1CCC([C@H](C)O)CC1. The lowest BCUT2D eigenvalue weighted by Gasteiger charge is -2.32. The lowest BCUT2D eigenvalue weighted by Crippen LogP contribution is -2.36. The summed E-state index contributed by atoms with van der Waals surface area (Å²) in [5, 5.41) is 9.32. The van der Waals surface area contributed by atoms with Gasteiger partial charge >= 0.3 is 0 Å². The molecule has 66 valence electrons. The minimum Gasteiger partial charge on any atom is -0.393 e. The van der Waals surface area contributed by atoms with E-state index in [2.05, 4.69) is 11.8 Å². The summed E-state index contributed by atoms with van der Waals surface area (Å²) in [4.78, 5) is 2.44. The van der Waals surface area contributed by atoms with Gasteiger partial charge in [-0.3, -0.25) is 0 Å². The summed E-state index contributed by atoms with van der Waals surface area (Å²) in [5.74, 6) is 0.554. The molecule has 1 fully saturated rings. The van der Waals surface area contributed by atoms with E-state index in [0.29, 0.717) is 5.92 Å². The van der Waals surface area contributed by atoms with Gasteiger partial charge in [0.25, 0.3) is 0 Å². The number of likely N-dealkylation sites (tertiary alicyclic amines) is 1. The Balaban J connectivity index is 2.24. The molecule has 1 heterocycles. The Bertz CT molecular complexity index is 106. The van der Waals surface area contributed by atoms with Gasteiger partial charge in [-0.05, 0) is 45.3 Å². The second-order valence-corrected chi connectivity index (χ2v) is 3.51. The number of aliphatic hydroxyl groups is 1. The number of nitrogens with zero attached hydrogens (tertiary/aromatic N) is 1. The third-order valence-electron chi connectivity index (χ3n) is 2.76. The molecule has 0 spiro atoms. The van der Waals surface area contributed by atoms with Crippen molar-refractivity contribution in [3.63, 3.8) is 0 Å². The predicted octanol–water partition coefficient (Wildman–Crippen LogP) is 1.10. The van der Waals surface area contributed by atoms with E-state index in [1.165, 1.54) is 25.9 Å². The van der Waals surface area contributed by atoms with Crippen LogP contribution < -0.4 is 0 Å². The summed E-state index contributed by atoms with van der Waals surface area (Å²) >= 11 is 0. The van der Waals surface area contributed by atoms with Crippen molar-refractivity contribution in [2.45, 2.75) is 32.8 Å². The minimum atomic E-state index is -0.103. The van der Waals surface area contributed by atoms with Crippen LogP contribution in [-0.2, 0) is 0 Å². The van der Waals surface area contributed by atoms with Crippen LogP contribution in [0.2, 0.25) is 0 Å². The molecule has 1 rings (SSSR count). The summed E-state index contributed by atoms with van der Waals surface area (Å²) in [5.41, 5.74) is 0. The maximum absolute atomic E-state index is 9.32. The Morgan fingerprint density at radius 1 is 1.45 bits per heavy atom. The largest absolute Gasteiger partial charge is 0.393 e. The van der Waals surface area contributed by atoms with Gasteiger partial charge in [0.1, 0.15) is 0 Å². The number of aliphatic hydroxyl groups excluding tert-OH is 1. The lowest BCUT2D eigenvalue weighted by atomic mass is 9.92. The lowest BCUT2D eigenvalue weighted by molar-refractivity contribution is 0.0737. The Kier molecular flexibility index (Phi) is 3.34. The molecule has 0 amide bonds. The van der Waals surface area contributed by atoms with Gasteiger partial charge in [-0.2, -0.15) is 0 Å². The van der Waals surface area contributed by atoms with Gasteiger partial charge in [0.15, 0.2) is 0 Å². The van der Waals surface area contributed by atoms with Crippen LogP contribution in [-0.4, -0.2) is 35.7 Å². The average molecular weight is 157 g/mol. The second-order valence-electron chi connectivity index (χ2n) is 3.51. The van der Waals surface area contributed by atoms with E-state index in [0.717, 1.165) is 6.54 Å². The predicted molar refractivity (Wildman–Crippen MR) is 46.5 cm³/mol. The van der Waals surface area contributed by atoms with E-state index in [1.807, 2.05) is 6.92 Å². The van der Waals surface area contributed by atoms with Crippen LogP contribution in [0.15, 0.2) is 0 Å². The fourth-order valence-corrected chi connectivity index (χ4v) is 1.75. The molecule has 0 aromatic carbocycles. The molecule has 0 aromatic heterocycles. The van der Waals surface area contributed by atoms with E-state index in [9.17, 15) is 5.11 Å². The standard InChI is InChI=1S/C9H19NO/c1-3-10-6-4-9(5-7-10)8(2)11/h8-9,11H,3-7H2,1-2H3/t8-/m0/s1. The van der Waals surface area contributed by atoms with Crippen molar-refractivity contribution in [1.29, 1.82) is 0 Å². The van der Waals surface area contributed by atoms with Crippen molar-refractivity contribution in [1.82, 2.24) is 4.90 Å². The first kappa shape index (κ1) is 9.01. The van der Waals surface area contributed by atoms with Crippen LogP contribution in [0.1, 0.15) is 26.7 Å². The molecule has 2 heteroatoms. The Hall–Kier alpha value is -0.0800. The highest BCUT2D eigenvalue weighted by Crippen LogP contribution is 2.19. The van der Waals surface area contributed by atoms with Gasteiger partial charge in [0, 0.05) is 0 Å². The zero-order valence-corrected chi connectivity index (χ0v) is 7.58. The zero-order valence-electron chi connectivity index (χ0n) is 7.58. The van der Waals surface area contributed by atoms with E-state index >= 15 is 0 Å². The quantitative estimate of drug-likeness (QED) is 0.649. The molecule has 1 saturated heterocycles. The van der Waals surface area contributed by atoms with Gasteiger partial charge in [-0.1, -0.05) is 6.92 Å². The Labute approximate surface area is 69.2 Å². The minimum absolute atomic E-state index is 0.103. The van der Waals surface area contributed by atoms with Gasteiger partial charge in [-0.25, -0.2) is 0 Å². The number of hydrogen-bond donors (Lipinski definition) is 1. The Morgan fingerprint density at radius 2 is 2.00 bits per heavy atom. The van der Waals surface area contributed by atoms with Crippen LogP contribution in [0.4, 0.5) is 0 Å². The maximum atomic E-state index is 9.32. The Morgan fingerprint density at radius 3 is 2.36 bits per heavy atom. The zero-order chi connectivity index (χ0) is 8.27. The highest BCUT2D eigenvalue weighted by atomic mass is 16.3. The normalized spacial score (nSPS) is 25.4. The maximum Gasteiger partial charge on any atom is 0.0541 e. The molecule has 2 nitrogen and oxygen atoms in total. The monoisotopic (exact) mass is 157 g/mol. The summed E-state index contributed by atoms with van der Waals surface area (Å²) in [7, 11) is 0. The molecule has 0 aromatic rings. The molecule has 1 aliphatic heterocycles. The third-order valence-corrected chi connectivity index (χ3v) is 2.76. The number of rotatable bonds is 2. The molecule has 0 bridgehead atoms. The van der Waals surface area contributed by atoms with Gasteiger partial charge < -0.3 is 10.0 Å². The van der Waals surface area contributed by atoms with Crippen molar-refractivity contribution >= 4 is 0 Å². The third kappa shape index (κ3) is 2.46. The van der Waals surface area contributed by atoms with E-state index < -0.39 is 0 Å². The first-order chi connectivity index (χ1) is 5.24. The van der Waals surface area contributed by atoms with Crippen LogP contribution in [0, 0.1) is 5.92 Å². The van der Waals surface area contributed by atoms with E-state index in [-0.39, 0.29) is 6.10 Å². The number of hydrogen-bond acceptors (Lipinski definition) is 2. The fraction of sp³-hybridized carbons (Fsp3) is 1.00. The molecule has 1 atom stereocenters. The van der Waals surface area contributed by atoms with Gasteiger partial charge in [0.05, 0.1) is 6.10 Å². The molecular weight excluding hydrogens is 138 g/mol. The molecule has 0 unspecified atom stereocenters. The van der Waals surface area contributed by atoms with Crippen molar-refractivity contribution in [2.75, 3.05) is 19.6 Å².